The van der Waals surface area contributed by atoms with Crippen molar-refractivity contribution in [1.29, 1.82) is 0 Å². The average Bonchev–Trinajstić information content (AvgIpc) is 3.03. The summed E-state index contributed by atoms with van der Waals surface area (Å²) in [6.07, 6.45) is 0.922. The number of hydrogen-bond acceptors (Lipinski definition) is 5. The number of rotatable bonds is 7. The second-order valence-corrected chi connectivity index (χ2v) is 6.98. The molecular weight excluding hydrogens is 370 g/mol. The molecule has 0 aliphatic carbocycles. The predicted octanol–water partition coefficient (Wildman–Crippen LogP) is 3.77. The number of para-hydroxylation sites is 1. The Morgan fingerprint density at radius 1 is 1.03 bits per heavy atom. The molecule has 0 fully saturated rings. The van der Waals surface area contributed by atoms with Gasteiger partial charge in [0.1, 0.15) is 11.3 Å². The summed E-state index contributed by atoms with van der Waals surface area (Å²) in [5.74, 6) is 0.575. The summed E-state index contributed by atoms with van der Waals surface area (Å²) in [6.45, 7) is 3.40. The zero-order chi connectivity index (χ0) is 20.4. The van der Waals surface area contributed by atoms with Gasteiger partial charge in [0.15, 0.2) is 5.43 Å². The van der Waals surface area contributed by atoms with Gasteiger partial charge in [-0.3, -0.25) is 9.59 Å². The third-order valence-electron chi connectivity index (χ3n) is 5.08. The summed E-state index contributed by atoms with van der Waals surface area (Å²) in [4.78, 5) is 28.0. The Morgan fingerprint density at radius 3 is 2.52 bits per heavy atom. The highest BCUT2D eigenvalue weighted by Crippen LogP contribution is 2.38. The second kappa shape index (κ2) is 8.09. The van der Waals surface area contributed by atoms with Gasteiger partial charge in [-0.1, -0.05) is 31.2 Å². The summed E-state index contributed by atoms with van der Waals surface area (Å²) < 4.78 is 16.7. The molecule has 3 aromatic rings. The maximum Gasteiger partial charge on any atom is 0.290 e. The largest absolute Gasteiger partial charge is 0.494 e. The molecule has 1 aliphatic rings. The van der Waals surface area contributed by atoms with Crippen LogP contribution in [0, 0.1) is 0 Å². The lowest BCUT2D eigenvalue weighted by Gasteiger charge is -2.25. The Balaban J connectivity index is 1.83. The van der Waals surface area contributed by atoms with Crippen LogP contribution >= 0.6 is 0 Å². The van der Waals surface area contributed by atoms with E-state index in [1.54, 1.807) is 36.3 Å². The van der Waals surface area contributed by atoms with Gasteiger partial charge in [0.05, 0.1) is 30.2 Å². The van der Waals surface area contributed by atoms with E-state index in [9.17, 15) is 9.59 Å². The van der Waals surface area contributed by atoms with Crippen LogP contribution in [-0.2, 0) is 4.74 Å². The number of ether oxygens (including phenoxy) is 2. The molecule has 0 N–H and O–H groups in total. The first-order valence-electron chi connectivity index (χ1n) is 9.74. The topological polar surface area (TPSA) is 69.0 Å². The van der Waals surface area contributed by atoms with Gasteiger partial charge in [-0.05, 0) is 36.2 Å². The molecule has 1 atom stereocenters. The molecule has 0 radical (unpaired) electrons. The number of carbonyl (C=O) groups excluding carboxylic acids is 1. The van der Waals surface area contributed by atoms with Crippen LogP contribution in [0.4, 0.5) is 0 Å². The normalized spacial score (nSPS) is 15.7. The van der Waals surface area contributed by atoms with Crippen LogP contribution < -0.4 is 10.2 Å². The maximum absolute atomic E-state index is 13.3. The van der Waals surface area contributed by atoms with Crippen LogP contribution in [0.25, 0.3) is 11.0 Å². The van der Waals surface area contributed by atoms with E-state index < -0.39 is 6.04 Å². The van der Waals surface area contributed by atoms with Crippen molar-refractivity contribution in [3.05, 3.63) is 75.6 Å². The van der Waals surface area contributed by atoms with Gasteiger partial charge in [-0.15, -0.1) is 0 Å². The predicted molar refractivity (Wildman–Crippen MR) is 109 cm³/mol. The third kappa shape index (κ3) is 3.40. The van der Waals surface area contributed by atoms with Gasteiger partial charge >= 0.3 is 0 Å². The van der Waals surface area contributed by atoms with Crippen molar-refractivity contribution >= 4 is 16.9 Å². The number of benzene rings is 2. The van der Waals surface area contributed by atoms with Crippen LogP contribution in [0.2, 0.25) is 0 Å². The highest BCUT2D eigenvalue weighted by Gasteiger charge is 2.42. The van der Waals surface area contributed by atoms with Crippen molar-refractivity contribution in [2.24, 2.45) is 0 Å². The lowest BCUT2D eigenvalue weighted by Crippen LogP contribution is -2.32. The maximum atomic E-state index is 13.3. The van der Waals surface area contributed by atoms with Crippen LogP contribution in [0.15, 0.2) is 57.7 Å². The highest BCUT2D eigenvalue weighted by atomic mass is 16.5. The number of methoxy groups -OCH3 is 1. The van der Waals surface area contributed by atoms with Gasteiger partial charge < -0.3 is 18.8 Å². The molecule has 1 unspecified atom stereocenters. The van der Waals surface area contributed by atoms with E-state index in [0.29, 0.717) is 36.3 Å². The molecule has 1 aliphatic heterocycles. The third-order valence-corrected chi connectivity index (χ3v) is 5.08. The number of carbonyl (C=O) groups is 1. The molecule has 0 bridgehead atoms. The molecule has 1 aromatic heterocycles. The summed E-state index contributed by atoms with van der Waals surface area (Å²) in [5, 5.41) is 0.473. The Bertz CT molecular complexity index is 1090. The van der Waals surface area contributed by atoms with E-state index in [1.165, 1.54) is 0 Å². The van der Waals surface area contributed by atoms with Gasteiger partial charge in [0.25, 0.3) is 5.91 Å². The Hall–Kier alpha value is -3.12. The van der Waals surface area contributed by atoms with Gasteiger partial charge in [-0.25, -0.2) is 0 Å². The highest BCUT2D eigenvalue weighted by molar-refractivity contribution is 5.99. The Morgan fingerprint density at radius 2 is 1.79 bits per heavy atom. The Labute approximate surface area is 168 Å². The molecule has 0 saturated carbocycles. The van der Waals surface area contributed by atoms with E-state index in [2.05, 4.69) is 0 Å². The zero-order valence-corrected chi connectivity index (χ0v) is 16.5. The lowest BCUT2D eigenvalue weighted by molar-refractivity contribution is 0.0663. The SMILES string of the molecule is CCCOc1ccc(C2c3c(oc4ccccc4c3=O)C(=O)N2CCOC)cc1. The van der Waals surface area contributed by atoms with Crippen LogP contribution in [0.5, 0.6) is 5.75 Å². The standard InChI is InChI=1S/C23H23NO5/c1-3-13-28-16-10-8-15(9-11-16)20-19-21(25)17-6-4-5-7-18(17)29-22(19)23(26)24(20)12-14-27-2/h4-11,20H,3,12-14H2,1-2H3. The molecular formula is C23H23NO5. The van der Waals surface area contributed by atoms with Crippen molar-refractivity contribution < 1.29 is 18.7 Å². The number of fused-ring (bicyclic) bond motifs is 2. The van der Waals surface area contributed by atoms with E-state index in [-0.39, 0.29) is 17.1 Å². The van der Waals surface area contributed by atoms with Gasteiger partial charge in [0, 0.05) is 13.7 Å². The molecule has 29 heavy (non-hydrogen) atoms. The number of amides is 1. The van der Waals surface area contributed by atoms with E-state index >= 15 is 0 Å². The van der Waals surface area contributed by atoms with Crippen LogP contribution in [0.3, 0.4) is 0 Å². The number of nitrogens with zero attached hydrogens (tertiary/aromatic N) is 1. The Kier molecular flexibility index (Phi) is 5.36. The summed E-state index contributed by atoms with van der Waals surface area (Å²) in [5.41, 5.74) is 1.46. The summed E-state index contributed by atoms with van der Waals surface area (Å²) >= 11 is 0. The monoisotopic (exact) mass is 393 g/mol. The van der Waals surface area contributed by atoms with Crippen molar-refractivity contribution in [3.8, 4) is 5.75 Å². The fourth-order valence-electron chi connectivity index (χ4n) is 3.70. The minimum Gasteiger partial charge on any atom is -0.494 e. The quantitative estimate of drug-likeness (QED) is 0.611. The minimum absolute atomic E-state index is 0.112. The summed E-state index contributed by atoms with van der Waals surface area (Å²) in [7, 11) is 1.58. The minimum atomic E-state index is -0.520. The summed E-state index contributed by atoms with van der Waals surface area (Å²) in [6, 6.07) is 14.0. The van der Waals surface area contributed by atoms with Crippen molar-refractivity contribution in [1.82, 2.24) is 4.90 Å². The fraction of sp³-hybridized carbons (Fsp3) is 0.304. The molecule has 6 heteroatoms. The van der Waals surface area contributed by atoms with E-state index in [1.807, 2.05) is 31.2 Å². The first-order valence-corrected chi connectivity index (χ1v) is 9.74. The van der Waals surface area contributed by atoms with Crippen molar-refractivity contribution in [3.63, 3.8) is 0 Å². The molecule has 1 amide bonds. The number of hydrogen-bond donors (Lipinski definition) is 0. The van der Waals surface area contributed by atoms with Gasteiger partial charge in [-0.2, -0.15) is 0 Å². The van der Waals surface area contributed by atoms with E-state index in [4.69, 9.17) is 13.9 Å². The molecule has 150 valence electrons. The molecule has 6 nitrogen and oxygen atoms in total. The average molecular weight is 393 g/mol. The van der Waals surface area contributed by atoms with Crippen molar-refractivity contribution in [2.75, 3.05) is 26.9 Å². The molecule has 0 saturated heterocycles. The first-order chi connectivity index (χ1) is 14.2. The zero-order valence-electron chi connectivity index (χ0n) is 16.5. The van der Waals surface area contributed by atoms with E-state index in [0.717, 1.165) is 17.7 Å². The molecule has 4 rings (SSSR count). The fourth-order valence-corrected chi connectivity index (χ4v) is 3.70. The molecule has 2 heterocycles. The second-order valence-electron chi connectivity index (χ2n) is 6.98. The van der Waals surface area contributed by atoms with Gasteiger partial charge in [0.2, 0.25) is 5.76 Å². The first kappa shape index (κ1) is 19.2. The van der Waals surface area contributed by atoms with Crippen molar-refractivity contribution in [2.45, 2.75) is 19.4 Å². The lowest BCUT2D eigenvalue weighted by atomic mass is 9.98. The van der Waals surface area contributed by atoms with Crippen LogP contribution in [-0.4, -0.2) is 37.7 Å². The molecule has 0 spiro atoms. The molecule has 2 aromatic carbocycles. The van der Waals surface area contributed by atoms with Crippen LogP contribution in [0.1, 0.15) is 41.1 Å². The smallest absolute Gasteiger partial charge is 0.290 e.